The molecule has 0 heterocycles. The van der Waals surface area contributed by atoms with Gasteiger partial charge in [0.25, 0.3) is 0 Å². The fourth-order valence-electron chi connectivity index (χ4n) is 2.33. The maximum absolute atomic E-state index is 12.4. The number of benzene rings is 2. The van der Waals surface area contributed by atoms with Gasteiger partial charge in [0.2, 0.25) is 15.9 Å². The minimum absolute atomic E-state index is 0.179. The summed E-state index contributed by atoms with van der Waals surface area (Å²) in [6.07, 6.45) is 0.995. The fraction of sp³-hybridized carbons (Fsp3) is 0.235. The summed E-state index contributed by atoms with van der Waals surface area (Å²) < 4.78 is 35.9. The van der Waals surface area contributed by atoms with Gasteiger partial charge in [-0.05, 0) is 30.3 Å². The molecule has 0 atom stereocenters. The van der Waals surface area contributed by atoms with E-state index < -0.39 is 22.5 Å². The number of amides is 1. The summed E-state index contributed by atoms with van der Waals surface area (Å²) in [5, 5.41) is 3.26. The van der Waals surface area contributed by atoms with Crippen molar-refractivity contribution in [3.63, 3.8) is 0 Å². The average Bonchev–Trinajstić information content (AvgIpc) is 2.57. The number of carbonyl (C=O) groups is 1. The second-order valence-electron chi connectivity index (χ2n) is 5.51. The van der Waals surface area contributed by atoms with Crippen LogP contribution in [0.15, 0.2) is 36.4 Å². The summed E-state index contributed by atoms with van der Waals surface area (Å²) >= 11 is 11.8. The molecule has 10 heteroatoms. The zero-order valence-electron chi connectivity index (χ0n) is 14.8. The van der Waals surface area contributed by atoms with Crippen molar-refractivity contribution < 1.29 is 22.7 Å². The molecular weight excluding hydrogens is 415 g/mol. The van der Waals surface area contributed by atoms with E-state index >= 15 is 0 Å². The lowest BCUT2D eigenvalue weighted by atomic mass is 10.2. The molecule has 1 amide bonds. The Kier molecular flexibility index (Phi) is 6.80. The van der Waals surface area contributed by atoms with Crippen molar-refractivity contribution in [1.29, 1.82) is 0 Å². The third kappa shape index (κ3) is 5.66. The molecule has 0 bridgehead atoms. The summed E-state index contributed by atoms with van der Waals surface area (Å²) in [5.74, 6) is 0.116. The topological polar surface area (TPSA) is 84.9 Å². The van der Waals surface area contributed by atoms with Crippen LogP contribution in [0.5, 0.6) is 11.5 Å². The Morgan fingerprint density at radius 1 is 1.07 bits per heavy atom. The smallest absolute Gasteiger partial charge is 0.245 e. The van der Waals surface area contributed by atoms with Crippen molar-refractivity contribution in [1.82, 2.24) is 0 Å². The highest BCUT2D eigenvalue weighted by Crippen LogP contribution is 2.33. The maximum atomic E-state index is 12.4. The van der Waals surface area contributed by atoms with E-state index in [4.69, 9.17) is 32.7 Å². The van der Waals surface area contributed by atoms with Crippen LogP contribution in [0.2, 0.25) is 10.0 Å². The quantitative estimate of drug-likeness (QED) is 0.724. The fourth-order valence-corrected chi connectivity index (χ4v) is 3.71. The van der Waals surface area contributed by atoms with Gasteiger partial charge in [0, 0.05) is 21.8 Å². The Bertz CT molecular complexity index is 930. The van der Waals surface area contributed by atoms with E-state index in [1.807, 2.05) is 0 Å². The summed E-state index contributed by atoms with van der Waals surface area (Å²) in [6, 6.07) is 9.18. The molecule has 2 rings (SSSR count). The molecule has 0 aliphatic carbocycles. The molecule has 0 saturated heterocycles. The van der Waals surface area contributed by atoms with Crippen LogP contribution in [0.1, 0.15) is 0 Å². The maximum Gasteiger partial charge on any atom is 0.245 e. The van der Waals surface area contributed by atoms with Gasteiger partial charge in [0.15, 0.2) is 0 Å². The van der Waals surface area contributed by atoms with Crippen molar-refractivity contribution >= 4 is 50.5 Å². The van der Waals surface area contributed by atoms with Crippen molar-refractivity contribution in [3.05, 3.63) is 46.4 Å². The van der Waals surface area contributed by atoms with Gasteiger partial charge in [-0.15, -0.1) is 0 Å². The molecule has 146 valence electrons. The number of carbonyl (C=O) groups excluding carboxylic acids is 1. The number of ether oxygens (including phenoxy) is 2. The summed E-state index contributed by atoms with van der Waals surface area (Å²) in [6.45, 7) is -0.480. The first-order chi connectivity index (χ1) is 12.6. The second kappa shape index (κ2) is 8.69. The van der Waals surface area contributed by atoms with Crippen LogP contribution in [-0.4, -0.2) is 41.3 Å². The van der Waals surface area contributed by atoms with Crippen LogP contribution in [-0.2, 0) is 14.8 Å². The number of nitrogens with one attached hydrogen (secondary N) is 1. The Hall–Kier alpha value is -2.16. The number of rotatable bonds is 7. The highest BCUT2D eigenvalue weighted by Gasteiger charge is 2.24. The van der Waals surface area contributed by atoms with E-state index in [1.54, 1.807) is 12.1 Å². The average molecular weight is 433 g/mol. The van der Waals surface area contributed by atoms with E-state index in [-0.39, 0.29) is 11.4 Å². The molecule has 0 unspecified atom stereocenters. The summed E-state index contributed by atoms with van der Waals surface area (Å²) in [5.41, 5.74) is 0.530. The number of sulfonamides is 1. The van der Waals surface area contributed by atoms with E-state index in [2.05, 4.69) is 5.32 Å². The molecule has 0 aromatic heterocycles. The van der Waals surface area contributed by atoms with Gasteiger partial charge < -0.3 is 14.8 Å². The number of hydrogen-bond acceptors (Lipinski definition) is 5. The van der Waals surface area contributed by atoms with Gasteiger partial charge in [0.05, 0.1) is 26.2 Å². The van der Waals surface area contributed by atoms with Gasteiger partial charge >= 0.3 is 0 Å². The monoisotopic (exact) mass is 432 g/mol. The normalized spacial score (nSPS) is 11.0. The molecular formula is C17H18Cl2N2O5S. The molecule has 0 saturated carbocycles. The number of hydrogen-bond donors (Lipinski definition) is 1. The Balaban J connectivity index is 2.34. The van der Waals surface area contributed by atoms with E-state index in [9.17, 15) is 13.2 Å². The third-order valence-electron chi connectivity index (χ3n) is 3.49. The van der Waals surface area contributed by atoms with Crippen LogP contribution in [0.25, 0.3) is 0 Å². The molecule has 0 fully saturated rings. The van der Waals surface area contributed by atoms with Gasteiger partial charge in [-0.1, -0.05) is 23.2 Å². The number of halogens is 2. The van der Waals surface area contributed by atoms with Crippen LogP contribution in [0.3, 0.4) is 0 Å². The van der Waals surface area contributed by atoms with E-state index in [1.165, 1.54) is 38.5 Å². The first-order valence-corrected chi connectivity index (χ1v) is 10.2. The first-order valence-electron chi connectivity index (χ1n) is 7.59. The van der Waals surface area contributed by atoms with Crippen LogP contribution in [0.4, 0.5) is 11.4 Å². The molecule has 2 aromatic rings. The zero-order valence-corrected chi connectivity index (χ0v) is 17.2. The first kappa shape index (κ1) is 21.1. The molecule has 0 aliphatic heterocycles. The largest absolute Gasteiger partial charge is 0.497 e. The van der Waals surface area contributed by atoms with Crippen molar-refractivity contribution in [2.24, 2.45) is 0 Å². The minimum Gasteiger partial charge on any atom is -0.497 e. The molecule has 27 heavy (non-hydrogen) atoms. The lowest BCUT2D eigenvalue weighted by Crippen LogP contribution is -2.37. The lowest BCUT2D eigenvalue weighted by molar-refractivity contribution is -0.114. The molecule has 2 aromatic carbocycles. The van der Waals surface area contributed by atoms with Crippen molar-refractivity contribution in [2.75, 3.05) is 36.6 Å². The molecule has 0 aliphatic rings. The predicted molar refractivity (Wildman–Crippen MR) is 107 cm³/mol. The predicted octanol–water partition coefficient (Wildman–Crippen LogP) is 3.42. The van der Waals surface area contributed by atoms with Crippen LogP contribution in [0, 0.1) is 0 Å². The SMILES string of the molecule is COc1ccc(OC)c(N(CC(=O)Nc2cc(Cl)cc(Cl)c2)S(C)(=O)=O)c1. The van der Waals surface area contributed by atoms with Crippen LogP contribution >= 0.6 is 23.2 Å². The van der Waals surface area contributed by atoms with Gasteiger partial charge in [-0.3, -0.25) is 9.10 Å². The molecule has 0 radical (unpaired) electrons. The van der Waals surface area contributed by atoms with Gasteiger partial charge in [0.1, 0.15) is 18.0 Å². The Morgan fingerprint density at radius 3 is 2.22 bits per heavy atom. The highest BCUT2D eigenvalue weighted by molar-refractivity contribution is 7.92. The Morgan fingerprint density at radius 2 is 1.70 bits per heavy atom. The zero-order chi connectivity index (χ0) is 20.2. The van der Waals surface area contributed by atoms with Gasteiger partial charge in [-0.25, -0.2) is 8.42 Å². The van der Waals surface area contributed by atoms with Gasteiger partial charge in [-0.2, -0.15) is 0 Å². The second-order valence-corrected chi connectivity index (χ2v) is 8.29. The molecule has 1 N–H and O–H groups in total. The molecule has 7 nitrogen and oxygen atoms in total. The summed E-state index contributed by atoms with van der Waals surface area (Å²) in [7, 11) is -0.941. The molecule has 0 spiro atoms. The minimum atomic E-state index is -3.79. The summed E-state index contributed by atoms with van der Waals surface area (Å²) in [4.78, 5) is 12.4. The number of anilines is 2. The van der Waals surface area contributed by atoms with E-state index in [0.29, 0.717) is 21.5 Å². The Labute approximate surface area is 167 Å². The number of nitrogens with zero attached hydrogens (tertiary/aromatic N) is 1. The standard InChI is InChI=1S/C17H18Cl2N2O5S/c1-25-14-4-5-16(26-2)15(9-14)21(27(3,23)24)10-17(22)20-13-7-11(18)6-12(19)8-13/h4-9H,10H2,1-3H3,(H,20,22). The number of methoxy groups -OCH3 is 2. The van der Waals surface area contributed by atoms with Crippen molar-refractivity contribution in [3.8, 4) is 11.5 Å². The van der Waals surface area contributed by atoms with E-state index in [0.717, 1.165) is 10.6 Å². The lowest BCUT2D eigenvalue weighted by Gasteiger charge is -2.24. The highest BCUT2D eigenvalue weighted by atomic mass is 35.5. The third-order valence-corrected chi connectivity index (χ3v) is 5.05. The van der Waals surface area contributed by atoms with Crippen molar-refractivity contribution in [2.45, 2.75) is 0 Å². The van der Waals surface area contributed by atoms with Crippen LogP contribution < -0.4 is 19.1 Å².